The number of anilines is 1. The second-order valence-corrected chi connectivity index (χ2v) is 8.35. The Labute approximate surface area is 203 Å². The van der Waals surface area contributed by atoms with Gasteiger partial charge in [0.15, 0.2) is 11.5 Å². The molecule has 184 valence electrons. The van der Waals surface area contributed by atoms with Crippen molar-refractivity contribution in [1.29, 1.82) is 0 Å². The molecular weight excluding hydrogens is 454 g/mol. The van der Waals surface area contributed by atoms with Gasteiger partial charge in [-0.1, -0.05) is 36.4 Å². The summed E-state index contributed by atoms with van der Waals surface area (Å²) in [5, 5.41) is 2.93. The highest BCUT2D eigenvalue weighted by Crippen LogP contribution is 2.32. The molecule has 0 bridgehead atoms. The Kier molecular flexibility index (Phi) is 8.15. The van der Waals surface area contributed by atoms with Crippen LogP contribution in [0.25, 0.3) is 0 Å². The fraction of sp³-hybridized carbons (Fsp3) is 0.296. The van der Waals surface area contributed by atoms with Gasteiger partial charge < -0.3 is 19.5 Å². The Morgan fingerprint density at radius 2 is 1.74 bits per heavy atom. The third kappa shape index (κ3) is 7.42. The molecule has 1 amide bonds. The summed E-state index contributed by atoms with van der Waals surface area (Å²) in [7, 11) is 1.40. The summed E-state index contributed by atoms with van der Waals surface area (Å²) in [5.41, 5.74) is 2.62. The van der Waals surface area contributed by atoms with Crippen LogP contribution in [0, 0.1) is 0 Å². The highest BCUT2D eigenvalue weighted by Gasteiger charge is 2.30. The van der Waals surface area contributed by atoms with E-state index in [1.807, 2.05) is 54.6 Å². The predicted molar refractivity (Wildman–Crippen MR) is 129 cm³/mol. The molecule has 1 saturated carbocycles. The van der Waals surface area contributed by atoms with Gasteiger partial charge in [-0.15, -0.1) is 0 Å². The zero-order chi connectivity index (χ0) is 24.6. The van der Waals surface area contributed by atoms with Crippen molar-refractivity contribution in [2.24, 2.45) is 0 Å². The van der Waals surface area contributed by atoms with Crippen molar-refractivity contribution >= 4 is 11.6 Å². The zero-order valence-electron chi connectivity index (χ0n) is 19.5. The first-order valence-electron chi connectivity index (χ1n) is 11.4. The van der Waals surface area contributed by atoms with Gasteiger partial charge >= 0.3 is 6.61 Å². The minimum absolute atomic E-state index is 0.0156. The minimum Gasteiger partial charge on any atom is -0.493 e. The number of nitrogens with one attached hydrogen (secondary N) is 1. The lowest BCUT2D eigenvalue weighted by Gasteiger charge is -2.22. The van der Waals surface area contributed by atoms with Crippen molar-refractivity contribution < 1.29 is 27.8 Å². The number of carbonyl (C=O) groups excluding carboxylic acids is 1. The molecule has 6 nitrogen and oxygen atoms in total. The van der Waals surface area contributed by atoms with Gasteiger partial charge in [-0.25, -0.2) is 0 Å². The fourth-order valence-electron chi connectivity index (χ4n) is 3.75. The average molecular weight is 483 g/mol. The summed E-state index contributed by atoms with van der Waals surface area (Å²) in [6.45, 7) is -1.74. The summed E-state index contributed by atoms with van der Waals surface area (Å²) < 4.78 is 40.6. The van der Waals surface area contributed by atoms with Gasteiger partial charge in [-0.3, -0.25) is 9.69 Å². The third-order valence-electron chi connectivity index (χ3n) is 5.63. The van der Waals surface area contributed by atoms with Gasteiger partial charge in [0.05, 0.1) is 13.7 Å². The summed E-state index contributed by atoms with van der Waals surface area (Å²) in [4.78, 5) is 14.8. The van der Waals surface area contributed by atoms with E-state index in [-0.39, 0.29) is 24.0 Å². The molecule has 0 unspecified atom stereocenters. The van der Waals surface area contributed by atoms with Crippen molar-refractivity contribution in [1.82, 2.24) is 4.90 Å². The largest absolute Gasteiger partial charge is 0.493 e. The number of hydrogen-bond donors (Lipinski definition) is 1. The fourth-order valence-corrected chi connectivity index (χ4v) is 3.75. The normalized spacial score (nSPS) is 13.1. The van der Waals surface area contributed by atoms with Crippen LogP contribution in [0.15, 0.2) is 72.8 Å². The maximum atomic E-state index is 12.7. The maximum absolute atomic E-state index is 12.7. The second kappa shape index (κ2) is 11.7. The van der Waals surface area contributed by atoms with Crippen LogP contribution in [0.4, 0.5) is 14.5 Å². The molecule has 1 aliphatic carbocycles. The molecule has 0 radical (unpaired) electrons. The van der Waals surface area contributed by atoms with Crippen LogP contribution in [-0.4, -0.2) is 37.1 Å². The summed E-state index contributed by atoms with van der Waals surface area (Å²) in [6, 6.07) is 22.3. The molecule has 0 aliphatic heterocycles. The van der Waals surface area contributed by atoms with Crippen LogP contribution in [0.1, 0.15) is 24.0 Å². The number of nitrogens with zero attached hydrogens (tertiary/aromatic N) is 1. The number of halogens is 2. The van der Waals surface area contributed by atoms with E-state index in [1.165, 1.54) is 13.2 Å². The van der Waals surface area contributed by atoms with Crippen molar-refractivity contribution in [3.63, 3.8) is 0 Å². The van der Waals surface area contributed by atoms with Gasteiger partial charge in [0.25, 0.3) is 0 Å². The van der Waals surface area contributed by atoms with Gasteiger partial charge in [-0.05, 0) is 60.4 Å². The van der Waals surface area contributed by atoms with Gasteiger partial charge in [0, 0.05) is 18.3 Å². The molecule has 1 aliphatic rings. The molecule has 3 aromatic rings. The molecule has 0 aromatic heterocycles. The first kappa shape index (κ1) is 24.5. The van der Waals surface area contributed by atoms with E-state index in [4.69, 9.17) is 9.47 Å². The summed E-state index contributed by atoms with van der Waals surface area (Å²) >= 11 is 0. The van der Waals surface area contributed by atoms with E-state index in [2.05, 4.69) is 15.0 Å². The van der Waals surface area contributed by atoms with Crippen molar-refractivity contribution in [3.05, 3.63) is 83.9 Å². The van der Waals surface area contributed by atoms with Crippen molar-refractivity contribution in [3.8, 4) is 17.2 Å². The van der Waals surface area contributed by atoms with Gasteiger partial charge in [-0.2, -0.15) is 8.78 Å². The number of amides is 1. The van der Waals surface area contributed by atoms with E-state index in [9.17, 15) is 13.6 Å². The quantitative estimate of drug-likeness (QED) is 0.371. The highest BCUT2D eigenvalue weighted by molar-refractivity contribution is 5.92. The Hall–Kier alpha value is -3.65. The number of ether oxygens (including phenoxy) is 3. The van der Waals surface area contributed by atoms with Crippen LogP contribution in [0.3, 0.4) is 0 Å². The topological polar surface area (TPSA) is 60.0 Å². The zero-order valence-corrected chi connectivity index (χ0v) is 19.5. The number of hydrogen-bond acceptors (Lipinski definition) is 5. The molecule has 4 rings (SSSR count). The molecule has 1 N–H and O–H groups in total. The van der Waals surface area contributed by atoms with E-state index in [0.29, 0.717) is 24.9 Å². The van der Waals surface area contributed by atoms with E-state index < -0.39 is 6.61 Å². The molecule has 3 aromatic carbocycles. The third-order valence-corrected chi connectivity index (χ3v) is 5.63. The number of methoxy groups -OCH3 is 1. The van der Waals surface area contributed by atoms with Crippen LogP contribution in [0.5, 0.6) is 17.2 Å². The maximum Gasteiger partial charge on any atom is 0.387 e. The number of benzene rings is 3. The molecule has 8 heteroatoms. The van der Waals surface area contributed by atoms with Crippen LogP contribution < -0.4 is 19.5 Å². The monoisotopic (exact) mass is 482 g/mol. The molecule has 35 heavy (non-hydrogen) atoms. The summed E-state index contributed by atoms with van der Waals surface area (Å²) in [5.74, 6) is 0.815. The lowest BCUT2D eigenvalue weighted by Crippen LogP contribution is -2.34. The SMILES string of the molecule is COc1cc(CN(CC(=O)Nc2ccc(OCc3ccccc3)cc2)C2CC2)ccc1OC(F)F. The van der Waals surface area contributed by atoms with Gasteiger partial charge in [0.2, 0.25) is 5.91 Å². The summed E-state index contributed by atoms with van der Waals surface area (Å²) in [6.07, 6.45) is 2.04. The average Bonchev–Trinajstić information content (AvgIpc) is 3.70. The Balaban J connectivity index is 1.31. The lowest BCUT2D eigenvalue weighted by atomic mass is 10.2. The number of rotatable bonds is 12. The number of carbonyl (C=O) groups is 1. The Bertz CT molecular complexity index is 1110. The lowest BCUT2D eigenvalue weighted by molar-refractivity contribution is -0.117. The molecular formula is C27H28F2N2O4. The second-order valence-electron chi connectivity index (χ2n) is 8.35. The number of alkyl halides is 2. The Morgan fingerprint density at radius 3 is 2.40 bits per heavy atom. The van der Waals surface area contributed by atoms with Gasteiger partial charge in [0.1, 0.15) is 12.4 Å². The molecule has 1 fully saturated rings. The Morgan fingerprint density at radius 1 is 1.00 bits per heavy atom. The van der Waals surface area contributed by atoms with Crippen LogP contribution in [0.2, 0.25) is 0 Å². The van der Waals surface area contributed by atoms with E-state index in [0.717, 1.165) is 29.7 Å². The standard InChI is InChI=1S/C27H28F2N2O4/c1-33-25-15-20(7-14-24(25)35-27(28)29)16-31(22-10-11-22)17-26(32)30-21-8-12-23(13-9-21)34-18-19-5-3-2-4-6-19/h2-9,12-15,22,27H,10-11,16-18H2,1H3,(H,30,32). The van der Waals surface area contributed by atoms with Crippen LogP contribution >= 0.6 is 0 Å². The molecule has 0 heterocycles. The van der Waals surface area contributed by atoms with Crippen molar-refractivity contribution in [2.75, 3.05) is 19.0 Å². The molecule has 0 spiro atoms. The smallest absolute Gasteiger partial charge is 0.387 e. The first-order valence-corrected chi connectivity index (χ1v) is 11.4. The van der Waals surface area contributed by atoms with E-state index in [1.54, 1.807) is 12.1 Å². The van der Waals surface area contributed by atoms with Crippen molar-refractivity contribution in [2.45, 2.75) is 38.6 Å². The highest BCUT2D eigenvalue weighted by atomic mass is 19.3. The van der Waals surface area contributed by atoms with E-state index >= 15 is 0 Å². The minimum atomic E-state index is -2.93. The first-order chi connectivity index (χ1) is 17.0. The van der Waals surface area contributed by atoms with Crippen LogP contribution in [-0.2, 0) is 17.9 Å². The molecule has 0 atom stereocenters. The predicted octanol–water partition coefficient (Wildman–Crippen LogP) is 5.48. The molecule has 0 saturated heterocycles.